The highest BCUT2D eigenvalue weighted by atomic mass is 19.1. The first kappa shape index (κ1) is 20.5. The van der Waals surface area contributed by atoms with E-state index in [-0.39, 0.29) is 24.5 Å². The van der Waals surface area contributed by atoms with E-state index in [1.165, 1.54) is 18.2 Å². The number of anilines is 1. The Kier molecular flexibility index (Phi) is 7.91. The van der Waals surface area contributed by atoms with Crippen LogP contribution < -0.4 is 5.32 Å². The van der Waals surface area contributed by atoms with E-state index in [1.54, 1.807) is 31.4 Å². The number of aryl methyl sites for hydroxylation is 1. The fourth-order valence-electron chi connectivity index (χ4n) is 2.41. The van der Waals surface area contributed by atoms with Crippen molar-refractivity contribution in [3.05, 3.63) is 65.0 Å². The number of carboxylic acids is 1. The van der Waals surface area contributed by atoms with Gasteiger partial charge in [-0.3, -0.25) is 9.59 Å². The van der Waals surface area contributed by atoms with Crippen LogP contribution >= 0.6 is 0 Å². The number of halogens is 1. The van der Waals surface area contributed by atoms with E-state index in [0.29, 0.717) is 30.9 Å². The van der Waals surface area contributed by atoms with E-state index >= 15 is 0 Å². The summed E-state index contributed by atoms with van der Waals surface area (Å²) in [6.07, 6.45) is 0.389. The molecule has 0 saturated heterocycles. The van der Waals surface area contributed by atoms with Gasteiger partial charge >= 0.3 is 5.97 Å². The number of hydrogen-bond acceptors (Lipinski definition) is 4. The van der Waals surface area contributed by atoms with Crippen LogP contribution in [0.3, 0.4) is 0 Å². The van der Waals surface area contributed by atoms with Crippen molar-refractivity contribution >= 4 is 17.6 Å². The highest BCUT2D eigenvalue weighted by Crippen LogP contribution is 2.16. The van der Waals surface area contributed by atoms with E-state index in [0.717, 1.165) is 5.56 Å². The minimum atomic E-state index is -0.879. The largest absolute Gasteiger partial charge is 0.481 e. The third-order valence-corrected chi connectivity index (χ3v) is 3.81. The molecular formula is C20H22FNO5. The molecule has 0 aliphatic heterocycles. The molecule has 1 amide bonds. The number of hydrogen-bond donors (Lipinski definition) is 2. The summed E-state index contributed by atoms with van der Waals surface area (Å²) >= 11 is 0. The number of carboxylic acid groups (broad SMARTS) is 1. The quantitative estimate of drug-likeness (QED) is 0.623. The van der Waals surface area contributed by atoms with Crippen molar-refractivity contribution in [3.63, 3.8) is 0 Å². The number of aliphatic carboxylic acids is 1. The zero-order chi connectivity index (χ0) is 19.6. The van der Waals surface area contributed by atoms with Crippen molar-refractivity contribution in [2.45, 2.75) is 19.4 Å². The van der Waals surface area contributed by atoms with Crippen molar-refractivity contribution in [1.29, 1.82) is 0 Å². The summed E-state index contributed by atoms with van der Waals surface area (Å²) in [5, 5.41) is 11.5. The summed E-state index contributed by atoms with van der Waals surface area (Å²) in [6, 6.07) is 11.1. The van der Waals surface area contributed by atoms with Gasteiger partial charge in [-0.1, -0.05) is 12.1 Å². The molecule has 0 bridgehead atoms. The van der Waals surface area contributed by atoms with Crippen molar-refractivity contribution in [1.82, 2.24) is 0 Å². The van der Waals surface area contributed by atoms with Crippen molar-refractivity contribution in [2.75, 3.05) is 25.6 Å². The van der Waals surface area contributed by atoms with Gasteiger partial charge in [-0.15, -0.1) is 0 Å². The Bertz CT molecular complexity index is 794. The summed E-state index contributed by atoms with van der Waals surface area (Å²) in [7, 11) is 1.55. The first-order valence-electron chi connectivity index (χ1n) is 8.47. The molecule has 6 nitrogen and oxygen atoms in total. The summed E-state index contributed by atoms with van der Waals surface area (Å²) in [5.41, 5.74) is 1.94. The Morgan fingerprint density at radius 2 is 1.96 bits per heavy atom. The van der Waals surface area contributed by atoms with Gasteiger partial charge in [-0.25, -0.2) is 4.39 Å². The molecule has 0 heterocycles. The van der Waals surface area contributed by atoms with Crippen LogP contribution in [0.1, 0.15) is 27.9 Å². The maximum atomic E-state index is 13.9. The first-order chi connectivity index (χ1) is 13.0. The fourth-order valence-corrected chi connectivity index (χ4v) is 2.41. The van der Waals surface area contributed by atoms with Gasteiger partial charge in [0.25, 0.3) is 5.91 Å². The number of nitrogens with one attached hydrogen (secondary N) is 1. The van der Waals surface area contributed by atoms with E-state index < -0.39 is 11.8 Å². The molecule has 2 aromatic rings. The second-order valence-corrected chi connectivity index (χ2v) is 5.90. The number of amides is 1. The normalized spacial score (nSPS) is 10.6. The number of methoxy groups -OCH3 is 1. The van der Waals surface area contributed by atoms with E-state index in [9.17, 15) is 14.0 Å². The van der Waals surface area contributed by atoms with Gasteiger partial charge in [0.2, 0.25) is 0 Å². The summed E-state index contributed by atoms with van der Waals surface area (Å²) in [4.78, 5) is 23.1. The maximum Gasteiger partial charge on any atom is 0.303 e. The average molecular weight is 375 g/mol. The van der Waals surface area contributed by atoms with Crippen LogP contribution in [-0.2, 0) is 27.3 Å². The lowest BCUT2D eigenvalue weighted by molar-refractivity contribution is -0.136. The number of ether oxygens (including phenoxy) is 2. The van der Waals surface area contributed by atoms with Gasteiger partial charge in [-0.2, -0.15) is 0 Å². The summed E-state index contributed by atoms with van der Waals surface area (Å²) in [6.45, 7) is 0.774. The SMILES string of the molecule is COCCOCc1cc(C(=O)Nc2cccc(CCC(=O)O)c2)ccc1F. The van der Waals surface area contributed by atoms with Gasteiger partial charge in [0.1, 0.15) is 5.82 Å². The van der Waals surface area contributed by atoms with Gasteiger partial charge in [-0.05, 0) is 42.3 Å². The van der Waals surface area contributed by atoms with Crippen LogP contribution in [0.15, 0.2) is 42.5 Å². The highest BCUT2D eigenvalue weighted by Gasteiger charge is 2.11. The van der Waals surface area contributed by atoms with Gasteiger partial charge < -0.3 is 19.9 Å². The molecule has 0 aliphatic carbocycles. The molecule has 0 spiro atoms. The summed E-state index contributed by atoms with van der Waals surface area (Å²) in [5.74, 6) is -1.71. The number of benzene rings is 2. The number of carbonyl (C=O) groups excluding carboxylic acids is 1. The van der Waals surface area contributed by atoms with Crippen molar-refractivity contribution < 1.29 is 28.6 Å². The minimum absolute atomic E-state index is 0.0157. The topological polar surface area (TPSA) is 84.9 Å². The van der Waals surface area contributed by atoms with Crippen molar-refractivity contribution in [2.24, 2.45) is 0 Å². The van der Waals surface area contributed by atoms with Crippen LogP contribution in [0, 0.1) is 5.82 Å². The zero-order valence-electron chi connectivity index (χ0n) is 15.0. The predicted molar refractivity (Wildman–Crippen MR) is 98.3 cm³/mol. The van der Waals surface area contributed by atoms with Gasteiger partial charge in [0.15, 0.2) is 0 Å². The Hall–Kier alpha value is -2.77. The fraction of sp³-hybridized carbons (Fsp3) is 0.300. The molecule has 2 rings (SSSR count). The van der Waals surface area contributed by atoms with E-state index in [2.05, 4.69) is 5.32 Å². The van der Waals surface area contributed by atoms with Gasteiger partial charge in [0, 0.05) is 30.3 Å². The Morgan fingerprint density at radius 1 is 1.15 bits per heavy atom. The molecule has 2 aromatic carbocycles. The predicted octanol–water partition coefficient (Wildman–Crippen LogP) is 3.26. The lowest BCUT2D eigenvalue weighted by Crippen LogP contribution is -2.13. The molecule has 7 heteroatoms. The molecular weight excluding hydrogens is 353 g/mol. The molecule has 27 heavy (non-hydrogen) atoms. The minimum Gasteiger partial charge on any atom is -0.481 e. The lowest BCUT2D eigenvalue weighted by Gasteiger charge is -2.10. The Balaban J connectivity index is 2.03. The molecule has 0 saturated carbocycles. The molecule has 144 valence electrons. The molecule has 0 aliphatic rings. The zero-order valence-corrected chi connectivity index (χ0v) is 15.0. The molecule has 0 radical (unpaired) electrons. The van der Waals surface area contributed by atoms with E-state index in [4.69, 9.17) is 14.6 Å². The highest BCUT2D eigenvalue weighted by molar-refractivity contribution is 6.04. The second kappa shape index (κ2) is 10.4. The third-order valence-electron chi connectivity index (χ3n) is 3.81. The monoisotopic (exact) mass is 375 g/mol. The maximum absolute atomic E-state index is 13.9. The third kappa shape index (κ3) is 6.80. The Labute approximate surface area is 156 Å². The molecule has 0 fully saturated rings. The average Bonchev–Trinajstić information content (AvgIpc) is 2.65. The smallest absolute Gasteiger partial charge is 0.303 e. The molecule has 2 N–H and O–H groups in total. The van der Waals surface area contributed by atoms with Crippen molar-refractivity contribution in [3.8, 4) is 0 Å². The number of carbonyl (C=O) groups is 2. The van der Waals surface area contributed by atoms with Crippen LogP contribution in [0.25, 0.3) is 0 Å². The lowest BCUT2D eigenvalue weighted by atomic mass is 10.1. The van der Waals surface area contributed by atoms with Crippen LogP contribution in [-0.4, -0.2) is 37.3 Å². The number of rotatable bonds is 10. The Morgan fingerprint density at radius 3 is 2.70 bits per heavy atom. The first-order valence-corrected chi connectivity index (χ1v) is 8.47. The van der Waals surface area contributed by atoms with Gasteiger partial charge in [0.05, 0.1) is 19.8 Å². The molecule has 0 aromatic heterocycles. The van der Waals surface area contributed by atoms with Crippen LogP contribution in [0.5, 0.6) is 0 Å². The van der Waals surface area contributed by atoms with Crippen LogP contribution in [0.4, 0.5) is 10.1 Å². The molecule has 0 unspecified atom stereocenters. The summed E-state index contributed by atoms with van der Waals surface area (Å²) < 4.78 is 24.1. The molecule has 0 atom stereocenters. The van der Waals surface area contributed by atoms with E-state index in [1.807, 2.05) is 0 Å². The van der Waals surface area contributed by atoms with Crippen LogP contribution in [0.2, 0.25) is 0 Å². The standard InChI is InChI=1S/C20H22FNO5/c1-26-9-10-27-13-16-12-15(6-7-18(16)21)20(25)22-17-4-2-3-14(11-17)5-8-19(23)24/h2-4,6-7,11-12H,5,8-10,13H2,1H3,(H,22,25)(H,23,24). The second-order valence-electron chi connectivity index (χ2n) is 5.90.